The second kappa shape index (κ2) is 4.75. The molecule has 0 aromatic carbocycles. The van der Waals surface area contributed by atoms with Gasteiger partial charge in [-0.25, -0.2) is 4.98 Å². The van der Waals surface area contributed by atoms with Gasteiger partial charge in [-0.1, -0.05) is 11.3 Å². The second-order valence-corrected chi connectivity index (χ2v) is 5.35. The van der Waals surface area contributed by atoms with Crippen LogP contribution < -0.4 is 5.56 Å². The number of rotatable bonds is 2. The molecule has 2 aromatic heterocycles. The van der Waals surface area contributed by atoms with Gasteiger partial charge in [0.2, 0.25) is 4.96 Å². The number of hydrogen-bond donors (Lipinski definition) is 0. The highest BCUT2D eigenvalue weighted by Crippen LogP contribution is 2.14. The lowest BCUT2D eigenvalue weighted by atomic mass is 10.4. The molecule has 0 unspecified atom stereocenters. The van der Waals surface area contributed by atoms with Crippen molar-refractivity contribution >= 4 is 16.3 Å². The molecule has 0 saturated carbocycles. The Morgan fingerprint density at radius 3 is 3.00 bits per heavy atom. The first kappa shape index (κ1) is 11.8. The van der Waals surface area contributed by atoms with Crippen LogP contribution in [0.2, 0.25) is 0 Å². The molecule has 7 heteroatoms. The summed E-state index contributed by atoms with van der Waals surface area (Å²) in [6.07, 6.45) is 0. The molecule has 0 atom stereocenters. The molecule has 1 aliphatic heterocycles. The first-order valence-corrected chi connectivity index (χ1v) is 6.70. The van der Waals surface area contributed by atoms with Crippen molar-refractivity contribution in [1.82, 2.24) is 19.5 Å². The largest absolute Gasteiger partial charge is 0.379 e. The highest BCUT2D eigenvalue weighted by molar-refractivity contribution is 7.16. The summed E-state index contributed by atoms with van der Waals surface area (Å²) in [7, 11) is 0. The summed E-state index contributed by atoms with van der Waals surface area (Å²) in [5, 5.41) is 5.25. The molecule has 1 aliphatic rings. The zero-order valence-electron chi connectivity index (χ0n) is 10.1. The average molecular weight is 266 g/mol. The van der Waals surface area contributed by atoms with Crippen molar-refractivity contribution in [3.63, 3.8) is 0 Å². The maximum absolute atomic E-state index is 11.7. The highest BCUT2D eigenvalue weighted by atomic mass is 32.1. The van der Waals surface area contributed by atoms with Gasteiger partial charge in [0, 0.05) is 24.8 Å². The second-order valence-electron chi connectivity index (χ2n) is 4.31. The molecular formula is C11H14N4O2S. The van der Waals surface area contributed by atoms with Gasteiger partial charge in [0.05, 0.1) is 19.8 Å². The van der Waals surface area contributed by atoms with E-state index in [1.54, 1.807) is 0 Å². The predicted molar refractivity (Wildman–Crippen MR) is 68.0 cm³/mol. The monoisotopic (exact) mass is 266 g/mol. The van der Waals surface area contributed by atoms with Crippen LogP contribution >= 0.6 is 11.3 Å². The zero-order valence-corrected chi connectivity index (χ0v) is 10.9. The first-order valence-electron chi connectivity index (χ1n) is 5.89. The molecule has 0 radical (unpaired) electrons. The van der Waals surface area contributed by atoms with E-state index in [9.17, 15) is 4.79 Å². The van der Waals surface area contributed by atoms with Gasteiger partial charge >= 0.3 is 0 Å². The molecule has 2 aromatic rings. The fourth-order valence-electron chi connectivity index (χ4n) is 1.97. The topological polar surface area (TPSA) is 59.7 Å². The van der Waals surface area contributed by atoms with Crippen LogP contribution in [0.15, 0.2) is 10.9 Å². The molecule has 0 bridgehead atoms. The van der Waals surface area contributed by atoms with Crippen LogP contribution in [-0.2, 0) is 11.3 Å². The normalized spacial score (nSPS) is 17.4. The van der Waals surface area contributed by atoms with Gasteiger partial charge in [0.1, 0.15) is 5.01 Å². The number of hydrogen-bond acceptors (Lipinski definition) is 6. The van der Waals surface area contributed by atoms with Crippen LogP contribution in [0.5, 0.6) is 0 Å². The number of ether oxygens (including phenoxy) is 1. The summed E-state index contributed by atoms with van der Waals surface area (Å²) in [5.74, 6) is 0. The summed E-state index contributed by atoms with van der Waals surface area (Å²) in [4.78, 5) is 19.0. The average Bonchev–Trinajstić information content (AvgIpc) is 2.73. The van der Waals surface area contributed by atoms with Crippen molar-refractivity contribution in [2.45, 2.75) is 13.5 Å². The molecule has 6 nitrogen and oxygen atoms in total. The molecular weight excluding hydrogens is 252 g/mol. The van der Waals surface area contributed by atoms with E-state index in [0.717, 1.165) is 43.5 Å². The molecule has 0 aliphatic carbocycles. The lowest BCUT2D eigenvalue weighted by Crippen LogP contribution is -2.35. The Morgan fingerprint density at radius 2 is 2.22 bits per heavy atom. The molecule has 0 N–H and O–H groups in total. The van der Waals surface area contributed by atoms with Crippen LogP contribution in [0.3, 0.4) is 0 Å². The predicted octanol–water partition coefficient (Wildman–Crippen LogP) is 0.292. The van der Waals surface area contributed by atoms with Crippen LogP contribution in [0.4, 0.5) is 0 Å². The molecule has 1 saturated heterocycles. The van der Waals surface area contributed by atoms with E-state index >= 15 is 0 Å². The van der Waals surface area contributed by atoms with E-state index in [1.165, 1.54) is 21.9 Å². The quantitative estimate of drug-likeness (QED) is 0.782. The minimum absolute atomic E-state index is 0.109. The molecule has 0 spiro atoms. The van der Waals surface area contributed by atoms with Gasteiger partial charge in [0.15, 0.2) is 0 Å². The molecule has 1 fully saturated rings. The van der Waals surface area contributed by atoms with Crippen molar-refractivity contribution in [2.24, 2.45) is 0 Å². The molecule has 0 amide bonds. The maximum atomic E-state index is 11.7. The molecule has 96 valence electrons. The summed E-state index contributed by atoms with van der Waals surface area (Å²) < 4.78 is 6.69. The van der Waals surface area contributed by atoms with Gasteiger partial charge in [-0.15, -0.1) is 0 Å². The number of aromatic nitrogens is 3. The van der Waals surface area contributed by atoms with Crippen molar-refractivity contribution in [2.75, 3.05) is 26.3 Å². The Bertz CT molecular complexity index is 615. The van der Waals surface area contributed by atoms with E-state index in [1.807, 2.05) is 6.92 Å². The third-order valence-electron chi connectivity index (χ3n) is 2.88. The number of morpholine rings is 1. The smallest absolute Gasteiger partial charge is 0.275 e. The molecule has 3 heterocycles. The fraction of sp³-hybridized carbons (Fsp3) is 0.545. The van der Waals surface area contributed by atoms with E-state index < -0.39 is 0 Å². The Hall–Kier alpha value is -1.31. The minimum Gasteiger partial charge on any atom is -0.379 e. The Morgan fingerprint density at radius 1 is 1.44 bits per heavy atom. The van der Waals surface area contributed by atoms with Crippen molar-refractivity contribution in [1.29, 1.82) is 0 Å². The lowest BCUT2D eigenvalue weighted by molar-refractivity contribution is 0.0340. The third-order valence-corrected chi connectivity index (χ3v) is 3.77. The van der Waals surface area contributed by atoms with Gasteiger partial charge in [-0.3, -0.25) is 9.69 Å². The lowest BCUT2D eigenvalue weighted by Gasteiger charge is -2.25. The standard InChI is InChI=1S/C11H14N4O2S/c1-8-6-10(16)15-11(12-8)18-9(13-15)7-14-2-4-17-5-3-14/h6H,2-5,7H2,1H3. The summed E-state index contributed by atoms with van der Waals surface area (Å²) in [6, 6.07) is 1.51. The van der Waals surface area contributed by atoms with Gasteiger partial charge in [0.25, 0.3) is 5.56 Å². The summed E-state index contributed by atoms with van der Waals surface area (Å²) in [5.41, 5.74) is 0.628. The summed E-state index contributed by atoms with van der Waals surface area (Å²) in [6.45, 7) is 5.94. The van der Waals surface area contributed by atoms with E-state index in [4.69, 9.17) is 4.74 Å². The van der Waals surface area contributed by atoms with Crippen LogP contribution in [0.25, 0.3) is 4.96 Å². The SMILES string of the molecule is Cc1cc(=O)n2nc(CN3CCOCC3)sc2n1. The van der Waals surface area contributed by atoms with Crippen LogP contribution in [0.1, 0.15) is 10.7 Å². The van der Waals surface area contributed by atoms with Crippen LogP contribution in [0, 0.1) is 6.92 Å². The van der Waals surface area contributed by atoms with E-state index in [2.05, 4.69) is 15.0 Å². The first-order chi connectivity index (χ1) is 8.72. The van der Waals surface area contributed by atoms with Gasteiger partial charge in [-0.05, 0) is 6.92 Å². The van der Waals surface area contributed by atoms with Crippen molar-refractivity contribution < 1.29 is 4.74 Å². The highest BCUT2D eigenvalue weighted by Gasteiger charge is 2.14. The number of aryl methyl sites for hydroxylation is 1. The van der Waals surface area contributed by atoms with Crippen molar-refractivity contribution in [3.8, 4) is 0 Å². The maximum Gasteiger partial charge on any atom is 0.275 e. The Labute approximate surface area is 108 Å². The van der Waals surface area contributed by atoms with E-state index in [0.29, 0.717) is 4.96 Å². The Kier molecular flexibility index (Phi) is 3.11. The van der Waals surface area contributed by atoms with E-state index in [-0.39, 0.29) is 5.56 Å². The zero-order chi connectivity index (χ0) is 12.5. The van der Waals surface area contributed by atoms with Crippen molar-refractivity contribution in [3.05, 3.63) is 27.1 Å². The number of fused-ring (bicyclic) bond motifs is 1. The summed E-state index contributed by atoms with van der Waals surface area (Å²) >= 11 is 1.48. The number of nitrogens with zero attached hydrogens (tertiary/aromatic N) is 4. The fourth-order valence-corrected chi connectivity index (χ4v) is 2.96. The van der Waals surface area contributed by atoms with Crippen LogP contribution in [-0.4, -0.2) is 45.8 Å². The minimum atomic E-state index is -0.109. The van der Waals surface area contributed by atoms with Gasteiger partial charge in [-0.2, -0.15) is 9.61 Å². The molecule has 3 rings (SSSR count). The van der Waals surface area contributed by atoms with Gasteiger partial charge < -0.3 is 4.74 Å². The third kappa shape index (κ3) is 2.29. The Balaban J connectivity index is 1.88. The molecule has 18 heavy (non-hydrogen) atoms.